The minimum atomic E-state index is 0.0434. The molecule has 1 aromatic heterocycles. The third-order valence-electron chi connectivity index (χ3n) is 3.51. The second kappa shape index (κ2) is 6.41. The van der Waals surface area contributed by atoms with E-state index in [0.717, 1.165) is 12.8 Å². The Labute approximate surface area is 113 Å². The van der Waals surface area contributed by atoms with Crippen LogP contribution >= 0.6 is 0 Å². The maximum atomic E-state index is 12.1. The number of nitrogens with one attached hydrogen (secondary N) is 1. The molecule has 2 amide bonds. The summed E-state index contributed by atoms with van der Waals surface area (Å²) in [4.78, 5) is 30.6. The molecule has 0 radical (unpaired) electrons. The van der Waals surface area contributed by atoms with Gasteiger partial charge in [0.1, 0.15) is 0 Å². The molecule has 1 aliphatic rings. The van der Waals surface area contributed by atoms with Gasteiger partial charge in [0.2, 0.25) is 5.91 Å². The first-order valence-electron chi connectivity index (χ1n) is 6.92. The lowest BCUT2D eigenvalue weighted by Gasteiger charge is -2.34. The summed E-state index contributed by atoms with van der Waals surface area (Å²) in [6.07, 6.45) is 6.07. The van der Waals surface area contributed by atoms with E-state index in [1.807, 2.05) is 9.80 Å². The summed E-state index contributed by atoms with van der Waals surface area (Å²) >= 11 is 0. The zero-order chi connectivity index (χ0) is 13.7. The quantitative estimate of drug-likeness (QED) is 0.894. The SMILES string of the molecule is CCCCC(=O)N1CCN(C(=O)c2cc[nH]c2)CC1. The van der Waals surface area contributed by atoms with Crippen molar-refractivity contribution < 1.29 is 9.59 Å². The van der Waals surface area contributed by atoms with Crippen LogP contribution in [0, 0.1) is 0 Å². The molecule has 0 atom stereocenters. The number of nitrogens with zero attached hydrogens (tertiary/aromatic N) is 2. The fourth-order valence-corrected chi connectivity index (χ4v) is 2.28. The first-order chi connectivity index (χ1) is 9.22. The molecule has 0 saturated carbocycles. The molecular formula is C14H21N3O2. The average molecular weight is 263 g/mol. The van der Waals surface area contributed by atoms with Crippen molar-refractivity contribution in [2.24, 2.45) is 0 Å². The summed E-state index contributed by atoms with van der Waals surface area (Å²) in [5.41, 5.74) is 0.686. The van der Waals surface area contributed by atoms with Crippen LogP contribution in [0.1, 0.15) is 36.5 Å². The van der Waals surface area contributed by atoms with Crippen LogP contribution in [0.5, 0.6) is 0 Å². The van der Waals surface area contributed by atoms with Gasteiger partial charge in [-0.05, 0) is 12.5 Å². The number of carbonyl (C=O) groups excluding carboxylic acids is 2. The molecule has 104 valence electrons. The van der Waals surface area contributed by atoms with E-state index in [4.69, 9.17) is 0 Å². The van der Waals surface area contributed by atoms with Crippen LogP contribution in [0.25, 0.3) is 0 Å². The van der Waals surface area contributed by atoms with Gasteiger partial charge in [0.05, 0.1) is 5.56 Å². The van der Waals surface area contributed by atoms with Gasteiger partial charge in [-0.25, -0.2) is 0 Å². The van der Waals surface area contributed by atoms with Gasteiger partial charge in [0, 0.05) is 45.0 Å². The summed E-state index contributed by atoms with van der Waals surface area (Å²) in [6.45, 7) is 4.64. The van der Waals surface area contributed by atoms with E-state index in [1.165, 1.54) is 0 Å². The molecule has 0 spiro atoms. The van der Waals surface area contributed by atoms with Crippen molar-refractivity contribution in [1.82, 2.24) is 14.8 Å². The lowest BCUT2D eigenvalue weighted by Crippen LogP contribution is -2.50. The Kier molecular flexibility index (Phi) is 4.60. The molecule has 1 aliphatic heterocycles. The molecule has 5 nitrogen and oxygen atoms in total. The number of H-pyrrole nitrogens is 1. The standard InChI is InChI=1S/C14H21N3O2/c1-2-3-4-13(18)16-7-9-17(10-8-16)14(19)12-5-6-15-11-12/h5-6,11,15H,2-4,7-10H2,1H3. The van der Waals surface area contributed by atoms with Gasteiger partial charge < -0.3 is 14.8 Å². The van der Waals surface area contributed by atoms with Crippen molar-refractivity contribution in [3.63, 3.8) is 0 Å². The fraction of sp³-hybridized carbons (Fsp3) is 0.571. The summed E-state index contributed by atoms with van der Waals surface area (Å²) in [7, 11) is 0. The van der Waals surface area contributed by atoms with Gasteiger partial charge >= 0.3 is 0 Å². The number of aromatic nitrogens is 1. The van der Waals surface area contributed by atoms with Crippen molar-refractivity contribution in [3.05, 3.63) is 24.0 Å². The van der Waals surface area contributed by atoms with Crippen LogP contribution in [0.15, 0.2) is 18.5 Å². The van der Waals surface area contributed by atoms with E-state index in [9.17, 15) is 9.59 Å². The first-order valence-corrected chi connectivity index (χ1v) is 6.92. The maximum absolute atomic E-state index is 12.1. The Balaban J connectivity index is 1.82. The molecule has 1 N–H and O–H groups in total. The number of amides is 2. The minimum Gasteiger partial charge on any atom is -0.367 e. The van der Waals surface area contributed by atoms with Crippen LogP contribution in [-0.4, -0.2) is 52.8 Å². The van der Waals surface area contributed by atoms with Crippen molar-refractivity contribution >= 4 is 11.8 Å². The van der Waals surface area contributed by atoms with Gasteiger partial charge in [-0.3, -0.25) is 9.59 Å². The predicted molar refractivity (Wildman–Crippen MR) is 72.8 cm³/mol. The van der Waals surface area contributed by atoms with Crippen molar-refractivity contribution in [1.29, 1.82) is 0 Å². The molecule has 0 unspecified atom stereocenters. The molecule has 0 aromatic carbocycles. The lowest BCUT2D eigenvalue weighted by atomic mass is 10.2. The second-order valence-corrected chi connectivity index (χ2v) is 4.88. The largest absolute Gasteiger partial charge is 0.367 e. The topological polar surface area (TPSA) is 56.4 Å². The van der Waals surface area contributed by atoms with E-state index in [0.29, 0.717) is 38.2 Å². The lowest BCUT2D eigenvalue weighted by molar-refractivity contribution is -0.132. The van der Waals surface area contributed by atoms with Crippen molar-refractivity contribution in [2.45, 2.75) is 26.2 Å². The molecule has 5 heteroatoms. The fourth-order valence-electron chi connectivity index (χ4n) is 2.28. The smallest absolute Gasteiger partial charge is 0.255 e. The Bertz CT molecular complexity index is 420. The van der Waals surface area contributed by atoms with E-state index < -0.39 is 0 Å². The van der Waals surface area contributed by atoms with Crippen LogP contribution in [0.3, 0.4) is 0 Å². The van der Waals surface area contributed by atoms with Gasteiger partial charge in [-0.15, -0.1) is 0 Å². The Morgan fingerprint density at radius 2 is 1.89 bits per heavy atom. The van der Waals surface area contributed by atoms with Gasteiger partial charge in [0.15, 0.2) is 0 Å². The number of rotatable bonds is 4. The van der Waals surface area contributed by atoms with Gasteiger partial charge in [-0.2, -0.15) is 0 Å². The van der Waals surface area contributed by atoms with E-state index in [1.54, 1.807) is 18.5 Å². The third kappa shape index (κ3) is 3.36. The molecule has 2 heterocycles. The monoisotopic (exact) mass is 263 g/mol. The normalized spacial score (nSPS) is 15.6. The number of carbonyl (C=O) groups is 2. The third-order valence-corrected chi connectivity index (χ3v) is 3.51. The second-order valence-electron chi connectivity index (χ2n) is 4.88. The van der Waals surface area contributed by atoms with Gasteiger partial charge in [-0.1, -0.05) is 13.3 Å². The molecule has 0 aliphatic carbocycles. The molecular weight excluding hydrogens is 242 g/mol. The number of hydrogen-bond acceptors (Lipinski definition) is 2. The highest BCUT2D eigenvalue weighted by Gasteiger charge is 2.24. The molecule has 1 saturated heterocycles. The van der Waals surface area contributed by atoms with Crippen LogP contribution in [0.4, 0.5) is 0 Å². The number of hydrogen-bond donors (Lipinski definition) is 1. The maximum Gasteiger partial charge on any atom is 0.255 e. The van der Waals surface area contributed by atoms with E-state index in [2.05, 4.69) is 11.9 Å². The van der Waals surface area contributed by atoms with E-state index >= 15 is 0 Å². The zero-order valence-electron chi connectivity index (χ0n) is 11.4. The van der Waals surface area contributed by atoms with E-state index in [-0.39, 0.29) is 11.8 Å². The summed E-state index contributed by atoms with van der Waals surface area (Å²) in [5.74, 6) is 0.262. The van der Waals surface area contributed by atoms with Crippen LogP contribution < -0.4 is 0 Å². The Morgan fingerprint density at radius 1 is 1.21 bits per heavy atom. The predicted octanol–water partition coefficient (Wildman–Crippen LogP) is 1.49. The van der Waals surface area contributed by atoms with Gasteiger partial charge in [0.25, 0.3) is 5.91 Å². The van der Waals surface area contributed by atoms with Crippen LogP contribution in [-0.2, 0) is 4.79 Å². The highest BCUT2D eigenvalue weighted by atomic mass is 16.2. The molecule has 2 rings (SSSR count). The van der Waals surface area contributed by atoms with Crippen molar-refractivity contribution in [3.8, 4) is 0 Å². The minimum absolute atomic E-state index is 0.0434. The summed E-state index contributed by atoms with van der Waals surface area (Å²) < 4.78 is 0. The number of piperazine rings is 1. The zero-order valence-corrected chi connectivity index (χ0v) is 11.4. The molecule has 1 fully saturated rings. The highest BCUT2D eigenvalue weighted by Crippen LogP contribution is 2.10. The highest BCUT2D eigenvalue weighted by molar-refractivity contribution is 5.94. The Hall–Kier alpha value is -1.78. The van der Waals surface area contributed by atoms with Crippen molar-refractivity contribution in [2.75, 3.05) is 26.2 Å². The molecule has 19 heavy (non-hydrogen) atoms. The number of unbranched alkanes of at least 4 members (excludes halogenated alkanes) is 1. The first kappa shape index (κ1) is 13.6. The summed E-state index contributed by atoms with van der Waals surface area (Å²) in [5, 5.41) is 0. The summed E-state index contributed by atoms with van der Waals surface area (Å²) in [6, 6.07) is 1.78. The molecule has 0 bridgehead atoms. The molecule has 1 aromatic rings. The average Bonchev–Trinajstić information content (AvgIpc) is 2.98. The van der Waals surface area contributed by atoms with Crippen LogP contribution in [0.2, 0.25) is 0 Å². The number of aromatic amines is 1. The Morgan fingerprint density at radius 3 is 2.47 bits per heavy atom.